The highest BCUT2D eigenvalue weighted by Crippen LogP contribution is 2.40. The van der Waals surface area contributed by atoms with Gasteiger partial charge in [0, 0.05) is 28.9 Å². The Morgan fingerprint density at radius 1 is 0.706 bits per heavy atom. The third-order valence-corrected chi connectivity index (χ3v) is 19.6. The Balaban J connectivity index is 1.47. The Labute approximate surface area is 305 Å². The van der Waals surface area contributed by atoms with E-state index in [1.165, 1.54) is 0 Å². The molecule has 0 fully saturated rings. The Morgan fingerprint density at radius 3 is 1.71 bits per heavy atom. The lowest BCUT2D eigenvalue weighted by Crippen LogP contribution is -2.51. The molecule has 0 unspecified atom stereocenters. The average Bonchev–Trinajstić information content (AvgIpc) is 3.53. The van der Waals surface area contributed by atoms with Crippen LogP contribution in [0.5, 0.6) is 0 Å². The van der Waals surface area contributed by atoms with Crippen LogP contribution in [0.25, 0.3) is 11.0 Å². The van der Waals surface area contributed by atoms with Gasteiger partial charge in [0.15, 0.2) is 16.6 Å². The normalized spacial score (nSPS) is 13.0. The molecule has 5 rings (SSSR count). The summed E-state index contributed by atoms with van der Waals surface area (Å²) in [7, 11) is -4.19. The molecule has 0 amide bonds. The Bertz CT molecular complexity index is 1920. The monoisotopic (exact) mass is 719 g/mol. The first-order valence-corrected chi connectivity index (χ1v) is 23.5. The van der Waals surface area contributed by atoms with Gasteiger partial charge >= 0.3 is 0 Å². The first kappa shape index (κ1) is 38.1. The molecule has 0 saturated carbocycles. The molecule has 0 radical (unpaired) electrons. The SMILES string of the molecule is CC(CO[Si](C)(C)C(C)(C)C)(CO[Si](C)(C)C(C)(C)C)n1ccc2cnc(C(=O)c3ccc(N=C(c4ccccc4)c4ccccc4)cn3)nc21. The maximum Gasteiger partial charge on any atom is 0.248 e. The molecule has 0 aliphatic heterocycles. The van der Waals surface area contributed by atoms with Gasteiger partial charge in [-0.2, -0.15) is 0 Å². The van der Waals surface area contributed by atoms with Gasteiger partial charge in [-0.3, -0.25) is 9.78 Å². The number of nitrogens with zero attached hydrogens (tertiary/aromatic N) is 5. The van der Waals surface area contributed by atoms with Gasteiger partial charge < -0.3 is 13.4 Å². The molecule has 0 spiro atoms. The molecule has 0 bridgehead atoms. The Kier molecular flexibility index (Phi) is 10.8. The quantitative estimate of drug-likeness (QED) is 0.0724. The number of benzene rings is 2. The van der Waals surface area contributed by atoms with Gasteiger partial charge in [-0.15, -0.1) is 0 Å². The number of hydrogen-bond acceptors (Lipinski definition) is 7. The van der Waals surface area contributed by atoms with Gasteiger partial charge in [0.1, 0.15) is 11.3 Å². The third-order valence-electron chi connectivity index (χ3n) is 10.6. The van der Waals surface area contributed by atoms with Crippen molar-refractivity contribution in [2.45, 2.75) is 90.3 Å². The third kappa shape index (κ3) is 8.52. The van der Waals surface area contributed by atoms with Crippen LogP contribution in [-0.2, 0) is 14.4 Å². The van der Waals surface area contributed by atoms with E-state index >= 15 is 0 Å². The fourth-order valence-corrected chi connectivity index (χ4v) is 7.28. The largest absolute Gasteiger partial charge is 0.414 e. The standard InChI is InChI=1S/C41H53N5O3Si2/c1-39(2,3)50(8,9)48-28-41(7,29-49-51(10,11)40(4,5)6)46-25-24-32-26-43-37(45-38(32)46)36(47)34-23-22-33(27-42-34)44-35(30-18-14-12-15-19-30)31-20-16-13-17-21-31/h12-27H,28-29H2,1-11H3. The zero-order chi connectivity index (χ0) is 37.2. The number of carbonyl (C=O) groups is 1. The molecule has 8 nitrogen and oxygen atoms in total. The van der Waals surface area contributed by atoms with Crippen molar-refractivity contribution in [1.82, 2.24) is 19.5 Å². The molecule has 0 saturated heterocycles. The van der Waals surface area contributed by atoms with E-state index in [1.807, 2.05) is 72.9 Å². The zero-order valence-corrected chi connectivity index (χ0v) is 34.1. The second-order valence-electron chi connectivity index (χ2n) is 16.7. The molecule has 51 heavy (non-hydrogen) atoms. The highest BCUT2D eigenvalue weighted by Gasteiger charge is 2.43. The lowest BCUT2D eigenvalue weighted by atomic mass is 10.0. The molecule has 3 aromatic heterocycles. The van der Waals surface area contributed by atoms with Crippen molar-refractivity contribution in [1.29, 1.82) is 0 Å². The van der Waals surface area contributed by atoms with E-state index < -0.39 is 22.2 Å². The highest BCUT2D eigenvalue weighted by molar-refractivity contribution is 6.74. The number of aliphatic imine (C=N–C) groups is 1. The Morgan fingerprint density at radius 2 is 1.24 bits per heavy atom. The minimum atomic E-state index is -2.09. The minimum Gasteiger partial charge on any atom is -0.414 e. The fourth-order valence-electron chi connectivity index (χ4n) is 5.07. The van der Waals surface area contributed by atoms with Gasteiger partial charge in [0.25, 0.3) is 0 Å². The first-order chi connectivity index (χ1) is 23.8. The molecule has 0 aliphatic rings. The molecule has 0 aliphatic carbocycles. The van der Waals surface area contributed by atoms with Crippen molar-refractivity contribution in [3.05, 3.63) is 120 Å². The molecule has 0 atom stereocenters. The summed E-state index contributed by atoms with van der Waals surface area (Å²) < 4.78 is 15.8. The lowest BCUT2D eigenvalue weighted by Gasteiger charge is -2.43. The Hall–Kier alpha value is -4.10. The molecular formula is C41H53N5O3Si2. The van der Waals surface area contributed by atoms with Gasteiger partial charge in [-0.05, 0) is 61.4 Å². The van der Waals surface area contributed by atoms with Crippen LogP contribution < -0.4 is 0 Å². The summed E-state index contributed by atoms with van der Waals surface area (Å²) in [5.41, 5.74) is 3.76. The van der Waals surface area contributed by atoms with Crippen LogP contribution in [0.3, 0.4) is 0 Å². The number of pyridine rings is 1. The molecule has 3 heterocycles. The van der Waals surface area contributed by atoms with Crippen molar-refractivity contribution in [3.8, 4) is 0 Å². The summed E-state index contributed by atoms with van der Waals surface area (Å²) in [6, 6.07) is 25.5. The number of carbonyl (C=O) groups excluding carboxylic acids is 1. The van der Waals surface area contributed by atoms with Crippen molar-refractivity contribution < 1.29 is 13.6 Å². The summed E-state index contributed by atoms with van der Waals surface area (Å²) in [6.45, 7) is 25.6. The first-order valence-electron chi connectivity index (χ1n) is 17.6. The van der Waals surface area contributed by atoms with Crippen molar-refractivity contribution in [2.75, 3.05) is 13.2 Å². The fraction of sp³-hybridized carbons (Fsp3) is 0.390. The lowest BCUT2D eigenvalue weighted by molar-refractivity contribution is 0.0899. The molecule has 268 valence electrons. The van der Waals surface area contributed by atoms with Crippen molar-refractivity contribution >= 4 is 44.9 Å². The van der Waals surface area contributed by atoms with Crippen LogP contribution in [0.4, 0.5) is 5.69 Å². The van der Waals surface area contributed by atoms with Crippen LogP contribution >= 0.6 is 0 Å². The van der Waals surface area contributed by atoms with E-state index in [0.717, 1.165) is 22.2 Å². The number of ketones is 1. The van der Waals surface area contributed by atoms with Gasteiger partial charge in [0.2, 0.25) is 11.6 Å². The number of aromatic nitrogens is 4. The van der Waals surface area contributed by atoms with Gasteiger partial charge in [-0.25, -0.2) is 15.0 Å². The molecule has 10 heteroatoms. The second kappa shape index (κ2) is 14.5. The van der Waals surface area contributed by atoms with Crippen LogP contribution in [0, 0.1) is 0 Å². The van der Waals surface area contributed by atoms with Crippen molar-refractivity contribution in [2.24, 2.45) is 4.99 Å². The van der Waals surface area contributed by atoms with E-state index in [4.69, 9.17) is 18.8 Å². The summed E-state index contributed by atoms with van der Waals surface area (Å²) >= 11 is 0. The smallest absolute Gasteiger partial charge is 0.248 e. The van der Waals surface area contributed by atoms with E-state index in [2.05, 4.69) is 89.2 Å². The van der Waals surface area contributed by atoms with E-state index in [-0.39, 0.29) is 27.4 Å². The van der Waals surface area contributed by atoms with Crippen molar-refractivity contribution in [3.63, 3.8) is 0 Å². The number of hydrogen-bond donors (Lipinski definition) is 0. The van der Waals surface area contributed by atoms with Crippen LogP contribution in [0.2, 0.25) is 36.3 Å². The molecule has 0 N–H and O–H groups in total. The molecule has 5 aromatic rings. The summed E-state index contributed by atoms with van der Waals surface area (Å²) in [5, 5.41) is 0.935. The van der Waals surface area contributed by atoms with Crippen LogP contribution in [-0.4, -0.2) is 60.9 Å². The summed E-state index contributed by atoms with van der Waals surface area (Å²) in [5.74, 6) is -0.276. The molecular weight excluding hydrogens is 667 g/mol. The second-order valence-corrected chi connectivity index (χ2v) is 26.3. The topological polar surface area (TPSA) is 91.5 Å². The predicted molar refractivity (Wildman–Crippen MR) is 213 cm³/mol. The highest BCUT2D eigenvalue weighted by atomic mass is 28.4. The number of fused-ring (bicyclic) bond motifs is 1. The minimum absolute atomic E-state index is 0.0488. The summed E-state index contributed by atoms with van der Waals surface area (Å²) in [6.07, 6.45) is 5.34. The van der Waals surface area contributed by atoms with E-state index in [0.29, 0.717) is 24.5 Å². The molecule has 2 aromatic carbocycles. The van der Waals surface area contributed by atoms with Crippen LogP contribution in [0.15, 0.2) is 102 Å². The maximum atomic E-state index is 13.8. The van der Waals surface area contributed by atoms with Gasteiger partial charge in [-0.1, -0.05) is 102 Å². The van der Waals surface area contributed by atoms with E-state index in [1.54, 1.807) is 24.5 Å². The maximum absolute atomic E-state index is 13.8. The predicted octanol–water partition coefficient (Wildman–Crippen LogP) is 9.99. The van der Waals surface area contributed by atoms with Gasteiger partial charge in [0.05, 0.1) is 36.3 Å². The average molecular weight is 720 g/mol. The number of rotatable bonds is 12. The summed E-state index contributed by atoms with van der Waals surface area (Å²) in [4.78, 5) is 32.6. The van der Waals surface area contributed by atoms with Crippen LogP contribution in [0.1, 0.15) is 75.9 Å². The zero-order valence-electron chi connectivity index (χ0n) is 32.1. The van der Waals surface area contributed by atoms with E-state index in [9.17, 15) is 4.79 Å².